The second kappa shape index (κ2) is 4.74. The Hall–Kier alpha value is -1.34. The van der Waals surface area contributed by atoms with Gasteiger partial charge in [0.05, 0.1) is 5.52 Å². The zero-order valence-corrected chi connectivity index (χ0v) is 12.0. The monoisotopic (exact) mass is 262 g/mol. The van der Waals surface area contributed by atoms with Gasteiger partial charge >= 0.3 is 0 Å². The number of aromatic nitrogens is 1. The molecule has 3 nitrogen and oxygen atoms in total. The highest BCUT2D eigenvalue weighted by atomic mass is 31.2. The van der Waals surface area contributed by atoms with Gasteiger partial charge in [0, 0.05) is 34.4 Å². The summed E-state index contributed by atoms with van der Waals surface area (Å²) in [6, 6.07) is 7.65. The first-order valence-electron chi connectivity index (χ1n) is 6.26. The van der Waals surface area contributed by atoms with Crippen LogP contribution in [0.25, 0.3) is 10.9 Å². The number of hydrogen-bond donors (Lipinski definition) is 1. The number of aryl methyl sites for hydroxylation is 1. The minimum atomic E-state index is -2.40. The maximum atomic E-state index is 13.0. The summed E-state index contributed by atoms with van der Waals surface area (Å²) < 4.78 is 13.0. The first kappa shape index (κ1) is 13.1. The molecular weight excluding hydrogens is 243 g/mol. The summed E-state index contributed by atoms with van der Waals surface area (Å²) >= 11 is 0. The third kappa shape index (κ3) is 2.04. The predicted molar refractivity (Wildman–Crippen MR) is 79.2 cm³/mol. The van der Waals surface area contributed by atoms with Crippen LogP contribution < -0.4 is 11.0 Å². The van der Waals surface area contributed by atoms with E-state index in [1.165, 1.54) is 0 Å². The standard InChI is InChI=1S/C14H19N2OP/c1-4-18(17,5-2)14-11-7-6-10(3)16-13(11)9-8-12(14)15/h6-9H,4-5,15H2,1-3H3. The van der Waals surface area contributed by atoms with Gasteiger partial charge < -0.3 is 10.3 Å². The van der Waals surface area contributed by atoms with E-state index in [-0.39, 0.29) is 0 Å². The van der Waals surface area contributed by atoms with Crippen molar-refractivity contribution < 1.29 is 4.57 Å². The van der Waals surface area contributed by atoms with Crippen LogP contribution in [0.4, 0.5) is 5.69 Å². The smallest absolute Gasteiger partial charge is 0.117 e. The zero-order chi connectivity index (χ0) is 13.3. The number of nitrogens with zero attached hydrogens (tertiary/aromatic N) is 1. The van der Waals surface area contributed by atoms with E-state index in [1.54, 1.807) is 0 Å². The fourth-order valence-electron chi connectivity index (χ4n) is 2.30. The molecule has 96 valence electrons. The van der Waals surface area contributed by atoms with Gasteiger partial charge in [-0.1, -0.05) is 19.9 Å². The second-order valence-corrected chi connectivity index (χ2v) is 8.04. The summed E-state index contributed by atoms with van der Waals surface area (Å²) in [5, 5.41) is 1.75. The third-order valence-corrected chi connectivity index (χ3v) is 6.80. The highest BCUT2D eigenvalue weighted by Gasteiger charge is 2.25. The highest BCUT2D eigenvalue weighted by Crippen LogP contribution is 2.46. The Bertz CT molecular complexity index is 629. The van der Waals surface area contributed by atoms with Gasteiger partial charge in [-0.15, -0.1) is 0 Å². The number of pyridine rings is 1. The molecule has 2 aromatic rings. The SMILES string of the molecule is CCP(=O)(CC)c1c(N)ccc2nc(C)ccc12. The van der Waals surface area contributed by atoms with E-state index in [0.29, 0.717) is 18.0 Å². The summed E-state index contributed by atoms with van der Waals surface area (Å²) in [6.45, 7) is 5.88. The first-order chi connectivity index (χ1) is 8.51. The van der Waals surface area contributed by atoms with Crippen LogP contribution in [0.1, 0.15) is 19.5 Å². The Labute approximate surface area is 108 Å². The van der Waals surface area contributed by atoms with Crippen LogP contribution in [-0.4, -0.2) is 17.3 Å². The molecule has 0 unspecified atom stereocenters. The zero-order valence-electron chi connectivity index (χ0n) is 11.1. The lowest BCUT2D eigenvalue weighted by Gasteiger charge is -2.19. The lowest BCUT2D eigenvalue weighted by molar-refractivity contribution is 0.582. The molecule has 0 radical (unpaired) electrons. The van der Waals surface area contributed by atoms with Gasteiger partial charge in [0.1, 0.15) is 7.14 Å². The quantitative estimate of drug-likeness (QED) is 0.683. The summed E-state index contributed by atoms with van der Waals surface area (Å²) in [5.41, 5.74) is 8.52. The lowest BCUT2D eigenvalue weighted by atomic mass is 10.2. The Morgan fingerprint density at radius 2 is 1.83 bits per heavy atom. The van der Waals surface area contributed by atoms with Crippen LogP contribution in [0, 0.1) is 6.92 Å². The van der Waals surface area contributed by atoms with E-state index in [9.17, 15) is 4.57 Å². The van der Waals surface area contributed by atoms with Crippen molar-refractivity contribution >= 4 is 29.0 Å². The number of fused-ring (bicyclic) bond motifs is 1. The summed E-state index contributed by atoms with van der Waals surface area (Å²) in [6.07, 6.45) is 1.28. The third-order valence-electron chi connectivity index (χ3n) is 3.44. The van der Waals surface area contributed by atoms with Crippen molar-refractivity contribution in [2.45, 2.75) is 20.8 Å². The molecule has 0 aliphatic carbocycles. The lowest BCUT2D eigenvalue weighted by Crippen LogP contribution is -2.15. The fourth-order valence-corrected chi connectivity index (χ4v) is 4.55. The second-order valence-electron chi connectivity index (χ2n) is 4.54. The molecule has 0 saturated heterocycles. The van der Waals surface area contributed by atoms with Crippen molar-refractivity contribution in [3.05, 3.63) is 30.0 Å². The van der Waals surface area contributed by atoms with E-state index in [0.717, 1.165) is 21.9 Å². The topological polar surface area (TPSA) is 56.0 Å². The maximum absolute atomic E-state index is 13.0. The van der Waals surface area contributed by atoms with Gasteiger partial charge in [0.25, 0.3) is 0 Å². The molecule has 1 aromatic heterocycles. The van der Waals surface area contributed by atoms with Gasteiger partial charge in [-0.3, -0.25) is 4.98 Å². The van der Waals surface area contributed by atoms with Crippen molar-refractivity contribution in [2.75, 3.05) is 18.1 Å². The Balaban J connectivity index is 2.84. The highest BCUT2D eigenvalue weighted by molar-refractivity contribution is 7.72. The van der Waals surface area contributed by atoms with Crippen LogP contribution in [0.15, 0.2) is 24.3 Å². The molecule has 18 heavy (non-hydrogen) atoms. The molecule has 0 saturated carbocycles. The normalized spacial score (nSPS) is 11.9. The summed E-state index contributed by atoms with van der Waals surface area (Å²) in [4.78, 5) is 4.48. The molecule has 2 rings (SSSR count). The Kier molecular flexibility index (Phi) is 3.45. The fraction of sp³-hybridized carbons (Fsp3) is 0.357. The molecule has 0 aliphatic heterocycles. The predicted octanol–water partition coefficient (Wildman–Crippen LogP) is 3.15. The number of anilines is 1. The molecule has 0 fully saturated rings. The van der Waals surface area contributed by atoms with Crippen LogP contribution in [0.2, 0.25) is 0 Å². The van der Waals surface area contributed by atoms with E-state index in [2.05, 4.69) is 4.98 Å². The average Bonchev–Trinajstić information content (AvgIpc) is 2.38. The molecule has 0 amide bonds. The molecule has 1 aromatic carbocycles. The number of rotatable bonds is 3. The summed E-state index contributed by atoms with van der Waals surface area (Å²) in [5.74, 6) is 0. The van der Waals surface area contributed by atoms with Crippen LogP contribution in [-0.2, 0) is 4.57 Å². The van der Waals surface area contributed by atoms with Gasteiger partial charge in [-0.05, 0) is 25.1 Å². The van der Waals surface area contributed by atoms with Gasteiger partial charge in [-0.25, -0.2) is 0 Å². The van der Waals surface area contributed by atoms with Crippen molar-refractivity contribution in [3.63, 3.8) is 0 Å². The Morgan fingerprint density at radius 1 is 1.17 bits per heavy atom. The molecule has 4 heteroatoms. The van der Waals surface area contributed by atoms with E-state index >= 15 is 0 Å². The maximum Gasteiger partial charge on any atom is 0.117 e. The van der Waals surface area contributed by atoms with Crippen LogP contribution >= 0.6 is 7.14 Å². The van der Waals surface area contributed by atoms with Crippen molar-refractivity contribution in [3.8, 4) is 0 Å². The van der Waals surface area contributed by atoms with E-state index < -0.39 is 7.14 Å². The van der Waals surface area contributed by atoms with Crippen molar-refractivity contribution in [2.24, 2.45) is 0 Å². The van der Waals surface area contributed by atoms with Crippen LogP contribution in [0.3, 0.4) is 0 Å². The van der Waals surface area contributed by atoms with Gasteiger partial charge in [-0.2, -0.15) is 0 Å². The van der Waals surface area contributed by atoms with Gasteiger partial charge in [0.2, 0.25) is 0 Å². The largest absolute Gasteiger partial charge is 0.398 e. The Morgan fingerprint density at radius 3 is 2.44 bits per heavy atom. The molecule has 1 heterocycles. The molecule has 0 bridgehead atoms. The van der Waals surface area contributed by atoms with Crippen molar-refractivity contribution in [1.82, 2.24) is 4.98 Å². The van der Waals surface area contributed by atoms with E-state index in [1.807, 2.05) is 45.0 Å². The minimum absolute atomic E-state index is 0.625. The van der Waals surface area contributed by atoms with Crippen LogP contribution in [0.5, 0.6) is 0 Å². The molecule has 0 atom stereocenters. The number of nitrogens with two attached hydrogens (primary N) is 1. The number of nitrogen functional groups attached to an aromatic ring is 1. The molecule has 0 aliphatic rings. The van der Waals surface area contributed by atoms with E-state index in [4.69, 9.17) is 5.73 Å². The van der Waals surface area contributed by atoms with Crippen molar-refractivity contribution in [1.29, 1.82) is 0 Å². The number of hydrogen-bond acceptors (Lipinski definition) is 3. The van der Waals surface area contributed by atoms with Gasteiger partial charge in [0.15, 0.2) is 0 Å². The molecular formula is C14H19N2OP. The average molecular weight is 262 g/mol. The molecule has 2 N–H and O–H groups in total. The number of benzene rings is 1. The summed E-state index contributed by atoms with van der Waals surface area (Å²) in [7, 11) is -2.40. The first-order valence-corrected chi connectivity index (χ1v) is 8.34. The molecule has 0 spiro atoms. The minimum Gasteiger partial charge on any atom is -0.398 e.